The molecule has 2 aliphatic carbocycles. The minimum Gasteiger partial charge on any atom is -0.347 e. The summed E-state index contributed by atoms with van der Waals surface area (Å²) in [6.07, 6.45) is 5.47. The molecule has 8 nitrogen and oxygen atoms in total. The lowest BCUT2D eigenvalue weighted by molar-refractivity contribution is -0.148. The second kappa shape index (κ2) is 11.7. The standard InChI is InChI=1S/C28H43N5O3/c1-18(2)25(31-26(34)19(3)29-4)28(36)33-15-14-32(16-20-12-13-20)17-24(33)27(35)30-23-11-7-9-21-8-5-6-10-22(21)23/h5-6,8,10,18-20,23-25,29H,7,9,11-17H2,1-4H3,(H,30,35)(H,31,34)/t19-,23?,24-,25-/m0/s1. The molecule has 1 aromatic carbocycles. The highest BCUT2D eigenvalue weighted by Gasteiger charge is 2.41. The number of benzene rings is 1. The Morgan fingerprint density at radius 3 is 2.50 bits per heavy atom. The van der Waals surface area contributed by atoms with Crippen LogP contribution in [0.2, 0.25) is 0 Å². The summed E-state index contributed by atoms with van der Waals surface area (Å²) >= 11 is 0. The smallest absolute Gasteiger partial charge is 0.246 e. The second-order valence-corrected chi connectivity index (χ2v) is 11.1. The lowest BCUT2D eigenvalue weighted by Gasteiger charge is -2.43. The van der Waals surface area contributed by atoms with Gasteiger partial charge in [-0.25, -0.2) is 0 Å². The molecule has 1 aliphatic heterocycles. The average Bonchev–Trinajstić information content (AvgIpc) is 3.70. The molecule has 1 heterocycles. The van der Waals surface area contributed by atoms with Gasteiger partial charge in [-0.1, -0.05) is 38.1 Å². The van der Waals surface area contributed by atoms with Crippen molar-refractivity contribution in [2.75, 3.05) is 33.2 Å². The average molecular weight is 498 g/mol. The van der Waals surface area contributed by atoms with Crippen LogP contribution in [-0.2, 0) is 20.8 Å². The molecule has 0 aromatic heterocycles. The molecule has 198 valence electrons. The first kappa shape index (κ1) is 26.6. The molecule has 4 atom stereocenters. The maximum absolute atomic E-state index is 13.8. The van der Waals surface area contributed by atoms with Gasteiger partial charge in [0.05, 0.1) is 12.1 Å². The van der Waals surface area contributed by atoms with E-state index in [9.17, 15) is 14.4 Å². The predicted molar refractivity (Wildman–Crippen MR) is 140 cm³/mol. The zero-order chi connectivity index (χ0) is 25.8. The van der Waals surface area contributed by atoms with Crippen LogP contribution in [0.5, 0.6) is 0 Å². The maximum atomic E-state index is 13.8. The number of amides is 3. The Morgan fingerprint density at radius 1 is 1.06 bits per heavy atom. The van der Waals surface area contributed by atoms with Gasteiger partial charge in [0.25, 0.3) is 0 Å². The second-order valence-electron chi connectivity index (χ2n) is 11.1. The summed E-state index contributed by atoms with van der Waals surface area (Å²) in [7, 11) is 1.72. The summed E-state index contributed by atoms with van der Waals surface area (Å²) in [6.45, 7) is 8.41. The summed E-state index contributed by atoms with van der Waals surface area (Å²) in [6, 6.07) is 6.65. The van der Waals surface area contributed by atoms with Crippen molar-refractivity contribution in [1.82, 2.24) is 25.8 Å². The Bertz CT molecular complexity index is 947. The molecule has 1 unspecified atom stereocenters. The van der Waals surface area contributed by atoms with Crippen molar-refractivity contribution in [2.24, 2.45) is 11.8 Å². The lowest BCUT2D eigenvalue weighted by Crippen LogP contribution is -2.65. The number of likely N-dealkylation sites (N-methyl/N-ethyl adjacent to an activating group) is 1. The summed E-state index contributed by atoms with van der Waals surface area (Å²) < 4.78 is 0. The lowest BCUT2D eigenvalue weighted by atomic mass is 9.87. The Labute approximate surface area is 215 Å². The summed E-state index contributed by atoms with van der Waals surface area (Å²) in [5.41, 5.74) is 2.48. The molecular weight excluding hydrogens is 454 g/mol. The van der Waals surface area contributed by atoms with E-state index in [-0.39, 0.29) is 29.7 Å². The molecule has 2 fully saturated rings. The van der Waals surface area contributed by atoms with Crippen LogP contribution in [0.3, 0.4) is 0 Å². The first-order chi connectivity index (χ1) is 17.3. The number of nitrogens with one attached hydrogen (secondary N) is 3. The molecule has 36 heavy (non-hydrogen) atoms. The van der Waals surface area contributed by atoms with E-state index in [1.807, 2.05) is 19.9 Å². The molecule has 3 aliphatic rings. The van der Waals surface area contributed by atoms with Crippen molar-refractivity contribution in [3.63, 3.8) is 0 Å². The summed E-state index contributed by atoms with van der Waals surface area (Å²) in [4.78, 5) is 44.3. The number of carbonyl (C=O) groups excluding carboxylic acids is 3. The largest absolute Gasteiger partial charge is 0.347 e. The zero-order valence-corrected chi connectivity index (χ0v) is 22.3. The van der Waals surface area contributed by atoms with Crippen molar-refractivity contribution >= 4 is 17.7 Å². The van der Waals surface area contributed by atoms with Gasteiger partial charge in [0.1, 0.15) is 12.1 Å². The molecule has 3 N–H and O–H groups in total. The van der Waals surface area contributed by atoms with Crippen molar-refractivity contribution in [1.29, 1.82) is 0 Å². The number of hydrogen-bond acceptors (Lipinski definition) is 5. The van der Waals surface area contributed by atoms with Crippen molar-refractivity contribution in [3.05, 3.63) is 35.4 Å². The van der Waals surface area contributed by atoms with Gasteiger partial charge in [-0.05, 0) is 69.0 Å². The predicted octanol–water partition coefficient (Wildman–Crippen LogP) is 1.85. The summed E-state index contributed by atoms with van der Waals surface area (Å²) in [5.74, 6) is 0.146. The van der Waals surface area contributed by atoms with Crippen LogP contribution >= 0.6 is 0 Å². The van der Waals surface area contributed by atoms with E-state index in [4.69, 9.17) is 0 Å². The van der Waals surface area contributed by atoms with Gasteiger partial charge in [-0.2, -0.15) is 0 Å². The Morgan fingerprint density at radius 2 is 1.81 bits per heavy atom. The monoisotopic (exact) mass is 497 g/mol. The van der Waals surface area contributed by atoms with Crippen molar-refractivity contribution < 1.29 is 14.4 Å². The van der Waals surface area contributed by atoms with Crippen LogP contribution in [-0.4, -0.2) is 78.9 Å². The fraction of sp³-hybridized carbons (Fsp3) is 0.679. The van der Waals surface area contributed by atoms with E-state index < -0.39 is 18.1 Å². The Kier molecular flexibility index (Phi) is 8.67. The number of fused-ring (bicyclic) bond motifs is 1. The molecule has 1 aromatic rings. The van der Waals surface area contributed by atoms with E-state index in [1.165, 1.54) is 24.0 Å². The van der Waals surface area contributed by atoms with Crippen LogP contribution < -0.4 is 16.0 Å². The molecule has 3 amide bonds. The van der Waals surface area contributed by atoms with E-state index in [2.05, 4.69) is 39.0 Å². The molecule has 1 saturated carbocycles. The third kappa shape index (κ3) is 6.27. The van der Waals surface area contributed by atoms with E-state index in [0.717, 1.165) is 32.4 Å². The van der Waals surface area contributed by atoms with Crippen LogP contribution in [0.4, 0.5) is 0 Å². The minimum atomic E-state index is -0.672. The third-order valence-corrected chi connectivity index (χ3v) is 8.01. The van der Waals surface area contributed by atoms with E-state index in [1.54, 1.807) is 18.9 Å². The van der Waals surface area contributed by atoms with Gasteiger partial charge in [-0.3, -0.25) is 19.3 Å². The van der Waals surface area contributed by atoms with E-state index in [0.29, 0.717) is 19.0 Å². The van der Waals surface area contributed by atoms with Crippen LogP contribution in [0.1, 0.15) is 63.6 Å². The molecule has 8 heteroatoms. The highest BCUT2D eigenvalue weighted by atomic mass is 16.2. The SMILES string of the molecule is CN[C@@H](C)C(=O)N[C@H](C(=O)N1CCN(CC2CC2)C[C@H]1C(=O)NC1CCCc2ccccc21)C(C)C. The van der Waals surface area contributed by atoms with Gasteiger partial charge in [-0.15, -0.1) is 0 Å². The number of piperazine rings is 1. The highest BCUT2D eigenvalue weighted by molar-refractivity contribution is 5.93. The van der Waals surface area contributed by atoms with Crippen LogP contribution in [0.15, 0.2) is 24.3 Å². The molecule has 0 radical (unpaired) electrons. The third-order valence-electron chi connectivity index (χ3n) is 8.01. The van der Waals surface area contributed by atoms with E-state index >= 15 is 0 Å². The van der Waals surface area contributed by atoms with Gasteiger partial charge >= 0.3 is 0 Å². The van der Waals surface area contributed by atoms with Gasteiger partial charge in [0, 0.05) is 26.2 Å². The van der Waals surface area contributed by atoms with Crippen LogP contribution in [0.25, 0.3) is 0 Å². The molecule has 1 saturated heterocycles. The fourth-order valence-electron chi connectivity index (χ4n) is 5.43. The van der Waals surface area contributed by atoms with Crippen LogP contribution in [0, 0.1) is 11.8 Å². The first-order valence-electron chi connectivity index (χ1n) is 13.7. The number of hydrogen-bond donors (Lipinski definition) is 3. The first-order valence-corrected chi connectivity index (χ1v) is 13.7. The number of nitrogens with zero attached hydrogens (tertiary/aromatic N) is 2. The number of carbonyl (C=O) groups is 3. The Hall–Kier alpha value is -2.45. The van der Waals surface area contributed by atoms with Gasteiger partial charge in [0.15, 0.2) is 0 Å². The Balaban J connectivity index is 1.52. The molecule has 0 spiro atoms. The van der Waals surface area contributed by atoms with Crippen molar-refractivity contribution in [3.8, 4) is 0 Å². The van der Waals surface area contributed by atoms with Gasteiger partial charge in [0.2, 0.25) is 17.7 Å². The zero-order valence-electron chi connectivity index (χ0n) is 22.3. The molecular formula is C28H43N5O3. The topological polar surface area (TPSA) is 93.8 Å². The fourth-order valence-corrected chi connectivity index (χ4v) is 5.43. The van der Waals surface area contributed by atoms with Gasteiger partial charge < -0.3 is 20.9 Å². The normalized spacial score (nSPS) is 24.1. The molecule has 0 bridgehead atoms. The number of rotatable bonds is 9. The minimum absolute atomic E-state index is 0.0321. The highest BCUT2D eigenvalue weighted by Crippen LogP contribution is 2.32. The summed E-state index contributed by atoms with van der Waals surface area (Å²) in [5, 5.41) is 9.16. The van der Waals surface area contributed by atoms with Crippen molar-refractivity contribution in [2.45, 2.75) is 77.0 Å². The molecule has 4 rings (SSSR count). The quantitative estimate of drug-likeness (QED) is 0.484. The number of aryl methyl sites for hydroxylation is 1. The maximum Gasteiger partial charge on any atom is 0.246 e.